The summed E-state index contributed by atoms with van der Waals surface area (Å²) in [5.74, 6) is -0.470. The maximum Gasteiger partial charge on any atom is 0.410 e. The molecule has 2 amide bonds. The first kappa shape index (κ1) is 33.9. The van der Waals surface area contributed by atoms with E-state index in [1.165, 1.54) is 11.8 Å². The van der Waals surface area contributed by atoms with E-state index < -0.39 is 5.60 Å². The lowest BCUT2D eigenvalue weighted by Crippen LogP contribution is -2.45. The number of aromatic nitrogens is 1. The lowest BCUT2D eigenvalue weighted by atomic mass is 9.96. The van der Waals surface area contributed by atoms with E-state index in [1.807, 2.05) is 68.1 Å². The predicted octanol–water partition coefficient (Wildman–Crippen LogP) is 9.08. The molecule has 1 fully saturated rings. The molecule has 0 radical (unpaired) electrons. The second kappa shape index (κ2) is 14.0. The van der Waals surface area contributed by atoms with Crippen LogP contribution >= 0.6 is 0 Å². The third kappa shape index (κ3) is 7.19. The van der Waals surface area contributed by atoms with E-state index in [9.17, 15) is 14.4 Å². The number of Topliss-reactive ketones (excluding diaryl/α,β-unsaturated/α-hetero) is 1. The van der Waals surface area contributed by atoms with Crippen molar-refractivity contribution in [1.29, 1.82) is 0 Å². The number of carbonyl (C=O) groups is 3. The van der Waals surface area contributed by atoms with Crippen molar-refractivity contribution in [3.05, 3.63) is 126 Å². The number of fused-ring (bicyclic) bond motifs is 2. The normalized spacial score (nSPS) is 15.6. The fourth-order valence-electron chi connectivity index (χ4n) is 6.87. The van der Waals surface area contributed by atoms with Crippen LogP contribution in [-0.4, -0.2) is 52.5 Å². The number of ether oxygens (including phenoxy) is 2. The first-order valence-electron chi connectivity index (χ1n) is 17.4. The molecule has 258 valence electrons. The molecule has 0 N–H and O–H groups in total. The average molecular weight is 680 g/mol. The molecule has 7 rings (SSSR count). The van der Waals surface area contributed by atoms with Crippen molar-refractivity contribution >= 4 is 40.4 Å². The molecular formula is C43H41N3O5. The summed E-state index contributed by atoms with van der Waals surface area (Å²) in [6, 6.07) is 33.7. The van der Waals surface area contributed by atoms with Crippen LogP contribution in [0.5, 0.6) is 0 Å². The van der Waals surface area contributed by atoms with Crippen LogP contribution in [0.15, 0.2) is 109 Å². The van der Waals surface area contributed by atoms with E-state index in [2.05, 4.69) is 42.5 Å². The number of amides is 2. The fourth-order valence-corrected chi connectivity index (χ4v) is 6.87. The van der Waals surface area contributed by atoms with Gasteiger partial charge in [0.05, 0.1) is 22.6 Å². The van der Waals surface area contributed by atoms with Gasteiger partial charge in [-0.1, -0.05) is 72.8 Å². The van der Waals surface area contributed by atoms with Crippen molar-refractivity contribution in [2.75, 3.05) is 18.1 Å². The van der Waals surface area contributed by atoms with Crippen LogP contribution in [0.1, 0.15) is 62.2 Å². The van der Waals surface area contributed by atoms with Crippen LogP contribution in [-0.2, 0) is 20.8 Å². The molecule has 4 aromatic carbocycles. The van der Waals surface area contributed by atoms with Gasteiger partial charge in [-0.3, -0.25) is 14.5 Å². The first-order valence-corrected chi connectivity index (χ1v) is 17.4. The molecule has 1 aromatic heterocycles. The molecular weight excluding hydrogens is 638 g/mol. The number of benzene rings is 4. The number of hydrogen-bond acceptors (Lipinski definition) is 6. The highest BCUT2D eigenvalue weighted by Gasteiger charge is 2.35. The van der Waals surface area contributed by atoms with Gasteiger partial charge in [-0.15, -0.1) is 0 Å². The molecule has 5 aromatic rings. The van der Waals surface area contributed by atoms with E-state index in [-0.39, 0.29) is 29.5 Å². The van der Waals surface area contributed by atoms with E-state index in [0.29, 0.717) is 36.7 Å². The number of anilines is 1. The number of hydrogen-bond donors (Lipinski definition) is 0. The van der Waals surface area contributed by atoms with Crippen LogP contribution in [0.3, 0.4) is 0 Å². The van der Waals surface area contributed by atoms with Crippen molar-refractivity contribution in [2.45, 2.75) is 58.7 Å². The van der Waals surface area contributed by atoms with Crippen molar-refractivity contribution in [1.82, 2.24) is 9.88 Å². The quantitative estimate of drug-likeness (QED) is 0.166. The molecule has 8 heteroatoms. The summed E-state index contributed by atoms with van der Waals surface area (Å²) >= 11 is 0. The van der Waals surface area contributed by atoms with Crippen molar-refractivity contribution < 1.29 is 23.9 Å². The molecule has 0 atom stereocenters. The molecule has 1 saturated heterocycles. The Morgan fingerprint density at radius 1 is 0.863 bits per heavy atom. The van der Waals surface area contributed by atoms with Crippen molar-refractivity contribution in [3.63, 3.8) is 0 Å². The van der Waals surface area contributed by atoms with Gasteiger partial charge in [-0.05, 0) is 97.8 Å². The highest BCUT2D eigenvalue weighted by molar-refractivity contribution is 6.26. The maximum absolute atomic E-state index is 13.6. The Bertz CT molecular complexity index is 2150. The van der Waals surface area contributed by atoms with Gasteiger partial charge in [-0.25, -0.2) is 9.78 Å². The molecule has 0 bridgehead atoms. The topological polar surface area (TPSA) is 89.0 Å². The van der Waals surface area contributed by atoms with E-state index in [4.69, 9.17) is 14.5 Å². The molecule has 51 heavy (non-hydrogen) atoms. The Hall–Kier alpha value is -5.60. The number of para-hydroxylation sites is 1. The third-order valence-electron chi connectivity index (χ3n) is 9.27. The number of carbonyl (C=O) groups excluding carboxylic acids is 3. The van der Waals surface area contributed by atoms with Gasteiger partial charge in [0.2, 0.25) is 11.7 Å². The maximum atomic E-state index is 13.6. The minimum atomic E-state index is -0.627. The molecule has 3 heterocycles. The van der Waals surface area contributed by atoms with Crippen molar-refractivity contribution in [3.8, 4) is 22.3 Å². The summed E-state index contributed by atoms with van der Waals surface area (Å²) < 4.78 is 11.5. The van der Waals surface area contributed by atoms with Crippen LogP contribution < -0.4 is 4.90 Å². The molecule has 8 nitrogen and oxygen atoms in total. The van der Waals surface area contributed by atoms with Gasteiger partial charge in [0.15, 0.2) is 0 Å². The van der Waals surface area contributed by atoms with Gasteiger partial charge in [-0.2, -0.15) is 0 Å². The summed E-state index contributed by atoms with van der Waals surface area (Å²) in [5, 5.41) is 0.905. The standard InChI is InChI=1S/C43H41N3O5/c1-28(47)46-39-13-9-8-12-35(39)41(48)40(46)26-33-25-36(32-17-15-31(16-18-32)30-10-6-5-7-11-30)37-24-29(14-19-38(37)44-33)27-45(34-20-22-50-23-21-34)42(49)51-43(2,3)4/h5-19,24-26,34H,20-23,27H2,1-4H3/b40-26-. The average Bonchev–Trinajstić information content (AvgIpc) is 3.41. The van der Waals surface area contributed by atoms with Crippen molar-refractivity contribution in [2.24, 2.45) is 0 Å². The molecule has 0 unspecified atom stereocenters. The predicted molar refractivity (Wildman–Crippen MR) is 200 cm³/mol. The van der Waals surface area contributed by atoms with Crippen LogP contribution in [0, 0.1) is 0 Å². The summed E-state index contributed by atoms with van der Waals surface area (Å²) in [4.78, 5) is 48.2. The monoisotopic (exact) mass is 679 g/mol. The molecule has 0 spiro atoms. The summed E-state index contributed by atoms with van der Waals surface area (Å²) in [6.45, 7) is 8.66. The third-order valence-corrected chi connectivity index (χ3v) is 9.27. The number of pyridine rings is 1. The second-order valence-electron chi connectivity index (χ2n) is 14.1. The lowest BCUT2D eigenvalue weighted by Gasteiger charge is -2.35. The van der Waals surface area contributed by atoms with E-state index in [1.54, 1.807) is 24.3 Å². The zero-order valence-corrected chi connectivity index (χ0v) is 29.4. The lowest BCUT2D eigenvalue weighted by molar-refractivity contribution is -0.116. The highest BCUT2D eigenvalue weighted by atomic mass is 16.6. The zero-order chi connectivity index (χ0) is 35.7. The summed E-state index contributed by atoms with van der Waals surface area (Å²) in [6.07, 6.45) is 2.84. The Morgan fingerprint density at radius 3 is 2.24 bits per heavy atom. The van der Waals surface area contributed by atoms with Gasteiger partial charge < -0.3 is 14.4 Å². The van der Waals surface area contributed by atoms with Gasteiger partial charge in [0.1, 0.15) is 5.60 Å². The van der Waals surface area contributed by atoms with Crippen LogP contribution in [0.25, 0.3) is 39.2 Å². The smallest absolute Gasteiger partial charge is 0.410 e. The van der Waals surface area contributed by atoms with E-state index in [0.717, 1.165) is 51.6 Å². The van der Waals surface area contributed by atoms with E-state index >= 15 is 0 Å². The van der Waals surface area contributed by atoms with Gasteiger partial charge in [0.25, 0.3) is 0 Å². The van der Waals surface area contributed by atoms with Crippen LogP contribution in [0.2, 0.25) is 0 Å². The van der Waals surface area contributed by atoms with Gasteiger partial charge >= 0.3 is 6.09 Å². The Kier molecular flexibility index (Phi) is 9.27. The largest absolute Gasteiger partial charge is 0.444 e. The first-order chi connectivity index (χ1) is 24.6. The fraction of sp³-hybridized carbons (Fsp3) is 0.256. The number of nitrogens with zero attached hydrogens (tertiary/aromatic N) is 3. The minimum absolute atomic E-state index is 0.00119. The summed E-state index contributed by atoms with van der Waals surface area (Å²) in [7, 11) is 0. The summed E-state index contributed by atoms with van der Waals surface area (Å²) in [5.41, 5.74) is 7.02. The molecule has 0 aliphatic carbocycles. The molecule has 2 aliphatic heterocycles. The SMILES string of the molecule is CC(=O)N1/C(=C\c2cc(-c3ccc(-c4ccccc4)cc3)c3cc(CN(C(=O)OC(C)(C)C)C4CCOCC4)ccc3n2)C(=O)c2ccccc21. The molecule has 0 saturated carbocycles. The minimum Gasteiger partial charge on any atom is -0.444 e. The molecule has 2 aliphatic rings. The van der Waals surface area contributed by atoms with Crippen LogP contribution in [0.4, 0.5) is 10.5 Å². The number of ketones is 1. The number of rotatable bonds is 6. The Morgan fingerprint density at radius 2 is 1.53 bits per heavy atom. The Balaban J connectivity index is 1.33. The van der Waals surface area contributed by atoms with Gasteiger partial charge in [0, 0.05) is 43.7 Å². The zero-order valence-electron chi connectivity index (χ0n) is 29.4. The highest BCUT2D eigenvalue weighted by Crippen LogP contribution is 2.37. The number of allylic oxidation sites excluding steroid dienone is 1. The Labute approximate surface area is 298 Å². The second-order valence-corrected chi connectivity index (χ2v) is 14.1.